The van der Waals surface area contributed by atoms with Crippen LogP contribution in [0.15, 0.2) is 4.99 Å². The van der Waals surface area contributed by atoms with Gasteiger partial charge >= 0.3 is 0 Å². The third kappa shape index (κ3) is 11.2. The second-order valence-corrected chi connectivity index (χ2v) is 5.78. The Morgan fingerprint density at radius 2 is 1.72 bits per heavy atom. The van der Waals surface area contributed by atoms with Crippen LogP contribution in [-0.4, -0.2) is 73.4 Å². The number of aliphatic imine (C=N–C) groups is 1. The van der Waals surface area contributed by atoms with E-state index in [1.54, 1.807) is 9.80 Å². The number of likely N-dealkylation sites (N-methyl/N-ethyl adjacent to an activating group) is 2. The molecule has 0 saturated carbocycles. The van der Waals surface area contributed by atoms with Crippen molar-refractivity contribution in [2.24, 2.45) is 4.99 Å². The molecule has 0 fully saturated rings. The van der Waals surface area contributed by atoms with E-state index in [0.29, 0.717) is 38.6 Å². The van der Waals surface area contributed by atoms with Crippen molar-refractivity contribution in [1.29, 1.82) is 0 Å². The minimum absolute atomic E-state index is 0. The lowest BCUT2D eigenvalue weighted by Gasteiger charge is -2.25. The Morgan fingerprint density at radius 3 is 2.20 bits per heavy atom. The third-order valence-corrected chi connectivity index (χ3v) is 3.81. The van der Waals surface area contributed by atoms with Gasteiger partial charge in [0, 0.05) is 39.1 Å². The Balaban J connectivity index is 0. The summed E-state index contributed by atoms with van der Waals surface area (Å²) in [6, 6.07) is 0.184. The zero-order chi connectivity index (χ0) is 18.5. The average Bonchev–Trinajstić information content (AvgIpc) is 2.54. The number of nitrogens with one attached hydrogen (secondary N) is 2. The smallest absolute Gasteiger partial charge is 0.242 e. The van der Waals surface area contributed by atoms with Gasteiger partial charge in [-0.3, -0.25) is 14.6 Å². The van der Waals surface area contributed by atoms with Crippen LogP contribution < -0.4 is 10.6 Å². The topological polar surface area (TPSA) is 77.0 Å². The first kappa shape index (κ1) is 26.2. The van der Waals surface area contributed by atoms with Gasteiger partial charge in [-0.1, -0.05) is 6.92 Å². The molecule has 0 bridgehead atoms. The number of halogens is 1. The van der Waals surface area contributed by atoms with Crippen molar-refractivity contribution in [3.63, 3.8) is 0 Å². The molecule has 0 aliphatic heterocycles. The van der Waals surface area contributed by atoms with E-state index in [9.17, 15) is 9.59 Å². The molecule has 0 radical (unpaired) electrons. The summed E-state index contributed by atoms with van der Waals surface area (Å²) < 4.78 is 0. The Morgan fingerprint density at radius 1 is 1.12 bits per heavy atom. The highest BCUT2D eigenvalue weighted by molar-refractivity contribution is 14.0. The predicted octanol–water partition coefficient (Wildman–Crippen LogP) is 1.67. The fraction of sp³-hybridized carbons (Fsp3) is 0.824. The van der Waals surface area contributed by atoms with Gasteiger partial charge in [-0.25, -0.2) is 0 Å². The standard InChI is InChI=1S/C17H35N5O2.HI/c1-7-14(5)20-15(23)11-12-19-17(18-8-2)21(6)13-16(24)22(9-3)10-4;/h14H,7-13H2,1-6H3,(H,18,19)(H,20,23);1H. The number of hydrogen-bond donors (Lipinski definition) is 2. The van der Waals surface area contributed by atoms with Crippen molar-refractivity contribution in [1.82, 2.24) is 20.4 Å². The van der Waals surface area contributed by atoms with Crippen molar-refractivity contribution < 1.29 is 9.59 Å². The Kier molecular flexibility index (Phi) is 15.9. The molecule has 2 N–H and O–H groups in total. The lowest BCUT2D eigenvalue weighted by Crippen LogP contribution is -2.45. The van der Waals surface area contributed by atoms with Gasteiger partial charge in [0.05, 0.1) is 13.1 Å². The SMILES string of the molecule is CCNC(=NCCC(=O)NC(C)CC)N(C)CC(=O)N(CC)CC.I. The third-order valence-electron chi connectivity index (χ3n) is 3.81. The molecule has 0 aromatic carbocycles. The maximum atomic E-state index is 12.2. The van der Waals surface area contributed by atoms with Crippen LogP contribution in [0.1, 0.15) is 47.5 Å². The minimum Gasteiger partial charge on any atom is -0.357 e. The normalized spacial score (nSPS) is 12.0. The van der Waals surface area contributed by atoms with Gasteiger partial charge < -0.3 is 20.4 Å². The van der Waals surface area contributed by atoms with Crippen LogP contribution in [-0.2, 0) is 9.59 Å². The number of rotatable bonds is 10. The lowest BCUT2D eigenvalue weighted by atomic mass is 10.2. The summed E-state index contributed by atoms with van der Waals surface area (Å²) in [5.74, 6) is 0.725. The molecule has 1 unspecified atom stereocenters. The quantitative estimate of drug-likeness (QED) is 0.290. The second-order valence-electron chi connectivity index (χ2n) is 5.78. The monoisotopic (exact) mass is 469 g/mol. The molecule has 2 amide bonds. The van der Waals surface area contributed by atoms with Gasteiger partial charge in [0.15, 0.2) is 5.96 Å². The molecular weight excluding hydrogens is 433 g/mol. The molecule has 0 rings (SSSR count). The van der Waals surface area contributed by atoms with E-state index in [0.717, 1.165) is 6.42 Å². The largest absolute Gasteiger partial charge is 0.357 e. The summed E-state index contributed by atoms with van der Waals surface area (Å²) in [6.45, 7) is 12.7. The van der Waals surface area contributed by atoms with Crippen molar-refractivity contribution in [3.05, 3.63) is 0 Å². The fourth-order valence-electron chi connectivity index (χ4n) is 2.14. The molecule has 7 nitrogen and oxygen atoms in total. The van der Waals surface area contributed by atoms with Crippen LogP contribution >= 0.6 is 24.0 Å². The zero-order valence-electron chi connectivity index (χ0n) is 16.6. The number of hydrogen-bond acceptors (Lipinski definition) is 3. The molecular formula is C17H36IN5O2. The van der Waals surface area contributed by atoms with Gasteiger partial charge in [-0.15, -0.1) is 24.0 Å². The highest BCUT2D eigenvalue weighted by Crippen LogP contribution is 1.95. The van der Waals surface area contributed by atoms with Gasteiger partial charge in [-0.05, 0) is 34.1 Å². The van der Waals surface area contributed by atoms with Crippen LogP contribution in [0.5, 0.6) is 0 Å². The summed E-state index contributed by atoms with van der Waals surface area (Å²) in [7, 11) is 1.84. The minimum atomic E-state index is 0. The Labute approximate surface area is 170 Å². The second kappa shape index (κ2) is 15.2. The number of amides is 2. The van der Waals surface area contributed by atoms with Crippen LogP contribution in [0.2, 0.25) is 0 Å². The molecule has 0 aliphatic carbocycles. The molecule has 0 spiro atoms. The summed E-state index contributed by atoms with van der Waals surface area (Å²) in [5.41, 5.74) is 0. The van der Waals surface area contributed by atoms with Crippen LogP contribution in [0, 0.1) is 0 Å². The molecule has 148 valence electrons. The molecule has 0 heterocycles. The van der Waals surface area contributed by atoms with Gasteiger partial charge in [0.2, 0.25) is 11.8 Å². The van der Waals surface area contributed by atoms with E-state index in [-0.39, 0.29) is 48.4 Å². The van der Waals surface area contributed by atoms with Crippen molar-refractivity contribution in [2.45, 2.75) is 53.5 Å². The summed E-state index contributed by atoms with van der Waals surface area (Å²) in [6.07, 6.45) is 1.25. The predicted molar refractivity (Wildman–Crippen MR) is 114 cm³/mol. The number of carbonyl (C=O) groups excluding carboxylic acids is 2. The first-order valence-corrected chi connectivity index (χ1v) is 8.95. The fourth-order valence-corrected chi connectivity index (χ4v) is 2.14. The highest BCUT2D eigenvalue weighted by Gasteiger charge is 2.15. The van der Waals surface area contributed by atoms with Crippen molar-refractivity contribution in [3.8, 4) is 0 Å². The Bertz CT molecular complexity index is 414. The van der Waals surface area contributed by atoms with Crippen molar-refractivity contribution >= 4 is 41.8 Å². The first-order chi connectivity index (χ1) is 11.4. The van der Waals surface area contributed by atoms with E-state index < -0.39 is 0 Å². The number of guanidine groups is 1. The maximum Gasteiger partial charge on any atom is 0.242 e. The van der Waals surface area contributed by atoms with E-state index in [2.05, 4.69) is 15.6 Å². The van der Waals surface area contributed by atoms with Crippen LogP contribution in [0.25, 0.3) is 0 Å². The molecule has 25 heavy (non-hydrogen) atoms. The van der Waals surface area contributed by atoms with Crippen LogP contribution in [0.3, 0.4) is 0 Å². The zero-order valence-corrected chi connectivity index (χ0v) is 18.9. The molecule has 8 heteroatoms. The summed E-state index contributed by atoms with van der Waals surface area (Å²) in [4.78, 5) is 32.0. The average molecular weight is 469 g/mol. The Hall–Kier alpha value is -1.06. The first-order valence-electron chi connectivity index (χ1n) is 8.95. The molecule has 0 aliphatic rings. The van der Waals surface area contributed by atoms with E-state index in [4.69, 9.17) is 0 Å². The number of nitrogens with zero attached hydrogens (tertiary/aromatic N) is 3. The lowest BCUT2D eigenvalue weighted by molar-refractivity contribution is -0.131. The highest BCUT2D eigenvalue weighted by atomic mass is 127. The van der Waals surface area contributed by atoms with Gasteiger partial charge in [-0.2, -0.15) is 0 Å². The summed E-state index contributed by atoms with van der Waals surface area (Å²) in [5, 5.41) is 6.09. The van der Waals surface area contributed by atoms with E-state index >= 15 is 0 Å². The van der Waals surface area contributed by atoms with Crippen LogP contribution in [0.4, 0.5) is 0 Å². The number of carbonyl (C=O) groups is 2. The molecule has 0 aromatic heterocycles. The van der Waals surface area contributed by atoms with E-state index in [1.807, 2.05) is 41.7 Å². The van der Waals surface area contributed by atoms with E-state index in [1.165, 1.54) is 0 Å². The molecule has 1 atom stereocenters. The molecule has 0 saturated heterocycles. The van der Waals surface area contributed by atoms with Crippen molar-refractivity contribution in [2.75, 3.05) is 39.8 Å². The van der Waals surface area contributed by atoms with Gasteiger partial charge in [0.1, 0.15) is 0 Å². The summed E-state index contributed by atoms with van der Waals surface area (Å²) >= 11 is 0. The molecule has 0 aromatic rings. The maximum absolute atomic E-state index is 12.2. The van der Waals surface area contributed by atoms with Gasteiger partial charge in [0.25, 0.3) is 0 Å².